The zero-order valence-electron chi connectivity index (χ0n) is 22.3. The number of nitrogens with one attached hydrogen (secondary N) is 1. The quantitative estimate of drug-likeness (QED) is 0.355. The first-order valence-electron chi connectivity index (χ1n) is 12.4. The molecular weight excluding hydrogens is 550 g/mol. The number of sulfonamides is 1. The van der Waals surface area contributed by atoms with Gasteiger partial charge in [0.25, 0.3) is 0 Å². The number of ether oxygens (including phenoxy) is 4. The smallest absolute Gasteiger partial charge is 0.240 e. The van der Waals surface area contributed by atoms with Gasteiger partial charge in [0.15, 0.2) is 11.6 Å². The fourth-order valence-corrected chi connectivity index (χ4v) is 5.24. The molecule has 212 valence electrons. The van der Waals surface area contributed by atoms with Gasteiger partial charge in [0, 0.05) is 18.5 Å². The van der Waals surface area contributed by atoms with E-state index in [1.807, 2.05) is 6.92 Å². The van der Waals surface area contributed by atoms with Gasteiger partial charge < -0.3 is 18.9 Å². The van der Waals surface area contributed by atoms with Crippen LogP contribution in [0.5, 0.6) is 5.88 Å². The highest BCUT2D eigenvalue weighted by molar-refractivity contribution is 7.93. The van der Waals surface area contributed by atoms with E-state index in [4.69, 9.17) is 30.5 Å². The monoisotopic (exact) mass is 581 g/mol. The van der Waals surface area contributed by atoms with Crippen LogP contribution in [0.15, 0.2) is 30.6 Å². The predicted octanol–water partition coefficient (Wildman–Crippen LogP) is 3.07. The second-order valence-electron chi connectivity index (χ2n) is 9.22. The summed E-state index contributed by atoms with van der Waals surface area (Å²) in [5.74, 6) is 0.884. The fraction of sp³-hybridized carbons (Fsp3) is 0.542. The van der Waals surface area contributed by atoms with Gasteiger partial charge in [0.1, 0.15) is 23.2 Å². The lowest BCUT2D eigenvalue weighted by atomic mass is 10.1. The normalized spacial score (nSPS) is 18.5. The van der Waals surface area contributed by atoms with Crippen molar-refractivity contribution in [3.8, 4) is 17.4 Å². The Labute approximate surface area is 232 Å². The first kappa shape index (κ1) is 29.1. The summed E-state index contributed by atoms with van der Waals surface area (Å²) in [6.45, 7) is 8.21. The van der Waals surface area contributed by atoms with Gasteiger partial charge in [0.05, 0.1) is 44.1 Å². The summed E-state index contributed by atoms with van der Waals surface area (Å²) < 4.78 is 54.4. The lowest BCUT2D eigenvalue weighted by molar-refractivity contribution is -0.104. The van der Waals surface area contributed by atoms with Gasteiger partial charge in [-0.15, -0.1) is 10.2 Å². The molecule has 0 saturated carbocycles. The van der Waals surface area contributed by atoms with E-state index in [0.29, 0.717) is 42.2 Å². The molecule has 1 saturated heterocycles. The number of aromatic nitrogens is 6. The number of methoxy groups -OCH3 is 1. The number of halogens is 1. The van der Waals surface area contributed by atoms with Crippen LogP contribution in [0.25, 0.3) is 11.5 Å². The maximum atomic E-state index is 13.7. The largest absolute Gasteiger partial charge is 0.481 e. The second-order valence-corrected chi connectivity index (χ2v) is 11.7. The van der Waals surface area contributed by atoms with Crippen LogP contribution < -0.4 is 9.46 Å². The lowest BCUT2D eigenvalue weighted by Gasteiger charge is -2.30. The van der Waals surface area contributed by atoms with Gasteiger partial charge in [-0.2, -0.15) is 0 Å². The predicted molar refractivity (Wildman–Crippen MR) is 143 cm³/mol. The number of hydrogen-bond donors (Lipinski definition) is 1. The number of anilines is 1. The molecule has 39 heavy (non-hydrogen) atoms. The Morgan fingerprint density at radius 3 is 2.51 bits per heavy atom. The average molecular weight is 582 g/mol. The van der Waals surface area contributed by atoms with Crippen LogP contribution in [0.1, 0.15) is 45.7 Å². The van der Waals surface area contributed by atoms with Gasteiger partial charge >= 0.3 is 0 Å². The molecule has 4 atom stereocenters. The fourth-order valence-electron chi connectivity index (χ4n) is 4.05. The second kappa shape index (κ2) is 12.5. The van der Waals surface area contributed by atoms with Crippen molar-refractivity contribution in [2.75, 3.05) is 31.7 Å². The van der Waals surface area contributed by atoms with Gasteiger partial charge in [-0.1, -0.05) is 17.7 Å². The molecule has 0 bridgehead atoms. The summed E-state index contributed by atoms with van der Waals surface area (Å²) in [4.78, 5) is 12.9. The first-order valence-corrected chi connectivity index (χ1v) is 14.3. The van der Waals surface area contributed by atoms with Gasteiger partial charge in [0.2, 0.25) is 21.9 Å². The van der Waals surface area contributed by atoms with Crippen LogP contribution in [0.3, 0.4) is 0 Å². The van der Waals surface area contributed by atoms with Crippen LogP contribution in [0.2, 0.25) is 5.02 Å². The Balaban J connectivity index is 1.72. The molecule has 15 heteroatoms. The molecule has 3 aromatic rings. The molecule has 2 unspecified atom stereocenters. The number of hydrogen-bond acceptors (Lipinski definition) is 11. The minimum atomic E-state index is -4.11. The standard InChI is InChI=1S/C24H32ClN7O6S/c1-14(2)38-21(22-26-11-17(25)12-27-22)16(4)39(33,34)31-24-30-29-23(18-7-6-8-20(28-18)35-5)32(24)15(3)19-13-36-9-10-37-19/h6-8,11-12,14-16,19,21H,9-10,13H2,1-5H3,(H,30,31)/t15-,16?,19-,21?/m0/s1. The highest BCUT2D eigenvalue weighted by Gasteiger charge is 2.37. The van der Waals surface area contributed by atoms with Gasteiger partial charge in [-0.3, -0.25) is 9.29 Å². The molecule has 13 nitrogen and oxygen atoms in total. The van der Waals surface area contributed by atoms with Crippen molar-refractivity contribution in [1.82, 2.24) is 29.7 Å². The Morgan fingerprint density at radius 2 is 1.87 bits per heavy atom. The van der Waals surface area contributed by atoms with Crippen molar-refractivity contribution in [3.63, 3.8) is 0 Å². The van der Waals surface area contributed by atoms with E-state index in [0.717, 1.165) is 0 Å². The van der Waals surface area contributed by atoms with E-state index in [1.165, 1.54) is 26.4 Å². The summed E-state index contributed by atoms with van der Waals surface area (Å²) >= 11 is 5.94. The molecule has 0 aliphatic carbocycles. The van der Waals surface area contributed by atoms with Crippen LogP contribution in [-0.4, -0.2) is 82.5 Å². The van der Waals surface area contributed by atoms with Crippen molar-refractivity contribution in [2.45, 2.75) is 57.3 Å². The summed E-state index contributed by atoms with van der Waals surface area (Å²) in [6.07, 6.45) is 1.13. The average Bonchev–Trinajstić information content (AvgIpc) is 3.34. The molecular formula is C24H32ClN7O6S. The van der Waals surface area contributed by atoms with Crippen LogP contribution >= 0.6 is 11.6 Å². The van der Waals surface area contributed by atoms with Crippen molar-refractivity contribution in [3.05, 3.63) is 41.4 Å². The van der Waals surface area contributed by atoms with Crippen molar-refractivity contribution < 1.29 is 27.4 Å². The van der Waals surface area contributed by atoms with Crippen LogP contribution in [0.4, 0.5) is 5.95 Å². The van der Waals surface area contributed by atoms with Crippen molar-refractivity contribution in [2.24, 2.45) is 0 Å². The summed E-state index contributed by atoms with van der Waals surface area (Å²) in [6, 6.07) is 4.78. The Kier molecular flexibility index (Phi) is 9.33. The molecule has 0 amide bonds. The van der Waals surface area contributed by atoms with E-state index in [-0.39, 0.29) is 24.0 Å². The van der Waals surface area contributed by atoms with E-state index < -0.39 is 27.4 Å². The third-order valence-corrected chi connectivity index (χ3v) is 8.00. The third kappa shape index (κ3) is 6.81. The van der Waals surface area contributed by atoms with Gasteiger partial charge in [-0.25, -0.2) is 23.4 Å². The SMILES string of the molecule is COc1cccc(-c2nnc(NS(=O)(=O)C(C)C(OC(C)C)c3ncc(Cl)cn3)n2[C@@H](C)[C@@H]2COCCO2)n1. The highest BCUT2D eigenvalue weighted by atomic mass is 35.5. The zero-order chi connectivity index (χ0) is 28.2. The lowest BCUT2D eigenvalue weighted by Crippen LogP contribution is -2.37. The van der Waals surface area contributed by atoms with Crippen LogP contribution in [0, 0.1) is 0 Å². The number of rotatable bonds is 11. The third-order valence-electron chi connectivity index (χ3n) is 6.11. The number of nitrogens with zero attached hydrogens (tertiary/aromatic N) is 6. The molecule has 1 aliphatic heterocycles. The zero-order valence-corrected chi connectivity index (χ0v) is 23.9. The molecule has 1 fully saturated rings. The molecule has 4 heterocycles. The van der Waals surface area contributed by atoms with Crippen molar-refractivity contribution >= 4 is 27.6 Å². The Morgan fingerprint density at radius 1 is 1.13 bits per heavy atom. The van der Waals surface area contributed by atoms with Crippen molar-refractivity contribution in [1.29, 1.82) is 0 Å². The topological polar surface area (TPSA) is 152 Å². The Bertz CT molecular complexity index is 1350. The Hall–Kier alpha value is -2.91. The van der Waals surface area contributed by atoms with E-state index >= 15 is 0 Å². The summed E-state index contributed by atoms with van der Waals surface area (Å²) in [7, 11) is -2.61. The summed E-state index contributed by atoms with van der Waals surface area (Å²) in [5.41, 5.74) is 0.444. The molecule has 1 N–H and O–H groups in total. The molecule has 3 aromatic heterocycles. The highest BCUT2D eigenvalue weighted by Crippen LogP contribution is 2.31. The summed E-state index contributed by atoms with van der Waals surface area (Å²) in [5, 5.41) is 7.68. The molecule has 0 spiro atoms. The molecule has 0 radical (unpaired) electrons. The maximum Gasteiger partial charge on any atom is 0.240 e. The molecule has 4 rings (SSSR count). The van der Waals surface area contributed by atoms with E-state index in [1.54, 1.807) is 36.6 Å². The van der Waals surface area contributed by atoms with E-state index in [9.17, 15) is 8.42 Å². The van der Waals surface area contributed by atoms with Crippen LogP contribution in [-0.2, 0) is 24.2 Å². The molecule has 1 aliphatic rings. The maximum absolute atomic E-state index is 13.7. The minimum Gasteiger partial charge on any atom is -0.481 e. The minimum absolute atomic E-state index is 0.0107. The van der Waals surface area contributed by atoms with Gasteiger partial charge in [-0.05, 0) is 33.8 Å². The number of pyridine rings is 1. The first-order chi connectivity index (χ1) is 18.6. The molecule has 0 aromatic carbocycles. The van der Waals surface area contributed by atoms with E-state index in [2.05, 4.69) is 29.9 Å².